The van der Waals surface area contributed by atoms with E-state index in [-0.39, 0.29) is 16.0 Å². The molecule has 2 aromatic carbocycles. The maximum atomic E-state index is 12.9. The van der Waals surface area contributed by atoms with Gasteiger partial charge in [0.25, 0.3) is 10.0 Å². The minimum Gasteiger partial charge on any atom is -0.384 e. The van der Waals surface area contributed by atoms with E-state index in [1.165, 1.54) is 11.3 Å². The molecule has 1 fully saturated rings. The molecule has 1 amide bonds. The normalized spacial score (nSPS) is 17.0. The fraction of sp³-hybridized carbons (Fsp3) is 0.238. The smallest absolute Gasteiger partial charge is 0.250 e. The van der Waals surface area contributed by atoms with Gasteiger partial charge in [-0.05, 0) is 42.5 Å². The Balaban J connectivity index is 1.48. The number of benzene rings is 2. The van der Waals surface area contributed by atoms with Crippen molar-refractivity contribution in [3.63, 3.8) is 0 Å². The van der Waals surface area contributed by atoms with Gasteiger partial charge in [0.05, 0.1) is 0 Å². The van der Waals surface area contributed by atoms with Crippen molar-refractivity contribution in [3.8, 4) is 0 Å². The number of fused-ring (bicyclic) bond motifs is 1. The molecular weight excluding hydrogens is 420 g/mol. The zero-order chi connectivity index (χ0) is 21.5. The van der Waals surface area contributed by atoms with Gasteiger partial charge in [0, 0.05) is 23.4 Å². The Morgan fingerprint density at radius 2 is 2.07 bits per heavy atom. The van der Waals surface area contributed by atoms with Crippen LogP contribution in [0.15, 0.2) is 52.7 Å². The average molecular weight is 443 g/mol. The van der Waals surface area contributed by atoms with E-state index in [1.807, 2.05) is 31.2 Å². The Labute approximate surface area is 179 Å². The highest BCUT2D eigenvalue weighted by molar-refractivity contribution is 7.91. The van der Waals surface area contributed by atoms with Crippen LogP contribution in [-0.4, -0.2) is 37.6 Å². The Morgan fingerprint density at radius 3 is 2.83 bits per heavy atom. The lowest BCUT2D eigenvalue weighted by Gasteiger charge is -2.17. The molecule has 1 aliphatic heterocycles. The molecule has 30 heavy (non-hydrogen) atoms. The lowest BCUT2D eigenvalue weighted by molar-refractivity contribution is -0.129. The zero-order valence-electron chi connectivity index (χ0n) is 16.4. The summed E-state index contributed by atoms with van der Waals surface area (Å²) in [6, 6.07) is 13.8. The summed E-state index contributed by atoms with van der Waals surface area (Å²) in [4.78, 5) is 14.4. The first-order valence-corrected chi connectivity index (χ1v) is 11.8. The van der Waals surface area contributed by atoms with Gasteiger partial charge in [0.1, 0.15) is 16.1 Å². The molecule has 156 valence electrons. The number of carbonyl (C=O) groups excluding carboxylic acids is 1. The molecule has 2 heterocycles. The van der Waals surface area contributed by atoms with Crippen molar-refractivity contribution in [2.24, 2.45) is 5.73 Å². The number of nitrogens with two attached hydrogens (primary N) is 1. The van der Waals surface area contributed by atoms with Crippen LogP contribution in [0.5, 0.6) is 0 Å². The third-order valence-corrected chi connectivity index (χ3v) is 8.18. The second-order valence-corrected chi connectivity index (χ2v) is 10.5. The summed E-state index contributed by atoms with van der Waals surface area (Å²) < 4.78 is 29.4. The molecule has 3 aromatic rings. The third-order valence-electron chi connectivity index (χ3n) is 5.12. The lowest BCUT2D eigenvalue weighted by atomic mass is 10.1. The number of rotatable bonds is 6. The summed E-state index contributed by atoms with van der Waals surface area (Å²) in [7, 11) is -3.79. The van der Waals surface area contributed by atoms with Crippen LogP contribution < -0.4 is 10.5 Å². The molecule has 7 nitrogen and oxygen atoms in total. The average Bonchev–Trinajstić information content (AvgIpc) is 3.27. The van der Waals surface area contributed by atoms with E-state index in [9.17, 15) is 13.2 Å². The number of hydrogen-bond acceptors (Lipinski definition) is 5. The van der Waals surface area contributed by atoms with Gasteiger partial charge in [0.15, 0.2) is 0 Å². The fourth-order valence-electron chi connectivity index (χ4n) is 3.58. The molecule has 4 N–H and O–H groups in total. The fourth-order valence-corrected chi connectivity index (χ4v) is 6.20. The molecule has 0 bridgehead atoms. The Kier molecular flexibility index (Phi) is 5.35. The minimum atomic E-state index is -3.79. The number of nitrogen functional groups attached to an aromatic ring is 1. The number of sulfonamides is 1. The van der Waals surface area contributed by atoms with Crippen LogP contribution in [-0.2, 0) is 21.4 Å². The molecule has 9 heteroatoms. The lowest BCUT2D eigenvalue weighted by Crippen LogP contribution is -2.41. The number of carbonyl (C=O) groups is 1. The van der Waals surface area contributed by atoms with Gasteiger partial charge in [-0.3, -0.25) is 10.2 Å². The highest BCUT2D eigenvalue weighted by Crippen LogP contribution is 2.30. The predicted molar refractivity (Wildman–Crippen MR) is 118 cm³/mol. The molecule has 1 saturated heterocycles. The van der Waals surface area contributed by atoms with E-state index in [0.29, 0.717) is 25.1 Å². The van der Waals surface area contributed by atoms with Crippen molar-refractivity contribution in [1.82, 2.24) is 9.62 Å². The third kappa shape index (κ3) is 4.09. The van der Waals surface area contributed by atoms with Crippen molar-refractivity contribution in [1.29, 1.82) is 5.41 Å². The van der Waals surface area contributed by atoms with Crippen molar-refractivity contribution in [3.05, 3.63) is 65.2 Å². The van der Waals surface area contributed by atoms with Gasteiger partial charge in [-0.25, -0.2) is 8.42 Å². The monoisotopic (exact) mass is 442 g/mol. The number of hydrogen-bond donors (Lipinski definition) is 3. The molecule has 1 atom stereocenters. The van der Waals surface area contributed by atoms with Crippen LogP contribution in [0.3, 0.4) is 0 Å². The first kappa shape index (κ1) is 20.5. The highest BCUT2D eigenvalue weighted by Gasteiger charge is 2.35. The largest absolute Gasteiger partial charge is 0.384 e. The topological polar surface area (TPSA) is 116 Å². The molecule has 0 spiro atoms. The number of aryl methyl sites for hydroxylation is 1. The molecule has 0 aliphatic carbocycles. The molecular formula is C21H22N4O3S2. The highest BCUT2D eigenvalue weighted by atomic mass is 32.2. The van der Waals surface area contributed by atoms with E-state index in [0.717, 1.165) is 21.2 Å². The summed E-state index contributed by atoms with van der Waals surface area (Å²) in [6.07, 6.45) is 0.411. The van der Waals surface area contributed by atoms with Crippen molar-refractivity contribution >= 4 is 43.2 Å². The Bertz CT molecular complexity index is 1250. The van der Waals surface area contributed by atoms with Gasteiger partial charge in [-0.1, -0.05) is 35.9 Å². The first-order valence-electron chi connectivity index (χ1n) is 9.47. The van der Waals surface area contributed by atoms with Crippen molar-refractivity contribution in [2.75, 3.05) is 6.54 Å². The Hall–Kier alpha value is -2.75. The second-order valence-electron chi connectivity index (χ2n) is 7.44. The number of amides is 1. The van der Waals surface area contributed by atoms with Crippen LogP contribution in [0.1, 0.15) is 23.1 Å². The molecule has 1 unspecified atom stereocenters. The number of thiophene rings is 1. The summed E-state index contributed by atoms with van der Waals surface area (Å²) in [6.45, 7) is 2.77. The van der Waals surface area contributed by atoms with Gasteiger partial charge in [-0.2, -0.15) is 4.72 Å². The van der Waals surface area contributed by atoms with Gasteiger partial charge < -0.3 is 10.6 Å². The maximum Gasteiger partial charge on any atom is 0.250 e. The zero-order valence-corrected chi connectivity index (χ0v) is 18.0. The number of likely N-dealkylation sites (tertiary alicyclic amines) is 1. The SMILES string of the molecule is Cc1ccc2sc(S(=O)(=O)NC3CCN(Cc4cccc(C(=N)N)c4)C3=O)cc2c1. The van der Waals surface area contributed by atoms with Crippen LogP contribution in [0.2, 0.25) is 0 Å². The minimum absolute atomic E-state index is 0.0336. The summed E-state index contributed by atoms with van der Waals surface area (Å²) >= 11 is 1.20. The second kappa shape index (κ2) is 7.82. The molecule has 1 aliphatic rings. The quantitative estimate of drug-likeness (QED) is 0.402. The maximum absolute atomic E-state index is 12.9. The molecule has 0 saturated carbocycles. The van der Waals surface area contributed by atoms with Gasteiger partial charge >= 0.3 is 0 Å². The molecule has 0 radical (unpaired) electrons. The van der Waals surface area contributed by atoms with E-state index in [1.54, 1.807) is 29.2 Å². The molecule has 4 rings (SSSR count). The number of amidine groups is 1. The van der Waals surface area contributed by atoms with Crippen LogP contribution in [0.4, 0.5) is 0 Å². The van der Waals surface area contributed by atoms with Gasteiger partial charge in [-0.15, -0.1) is 11.3 Å². The van der Waals surface area contributed by atoms with E-state index in [4.69, 9.17) is 11.1 Å². The van der Waals surface area contributed by atoms with Crippen molar-refractivity contribution in [2.45, 2.75) is 30.1 Å². The van der Waals surface area contributed by atoms with E-state index >= 15 is 0 Å². The Morgan fingerprint density at radius 1 is 1.27 bits per heavy atom. The van der Waals surface area contributed by atoms with E-state index in [2.05, 4.69) is 4.72 Å². The standard InChI is InChI=1S/C21H22N4O3S2/c1-13-5-6-18-16(9-13)11-19(29-18)30(27,28)24-17-7-8-25(21(17)26)12-14-3-2-4-15(10-14)20(22)23/h2-6,9-11,17,24H,7-8,12H2,1H3,(H3,22,23). The van der Waals surface area contributed by atoms with E-state index < -0.39 is 16.1 Å². The van der Waals surface area contributed by atoms with Crippen LogP contribution in [0, 0.1) is 12.3 Å². The summed E-state index contributed by atoms with van der Waals surface area (Å²) in [5, 5.41) is 8.42. The van der Waals surface area contributed by atoms with Crippen molar-refractivity contribution < 1.29 is 13.2 Å². The van der Waals surface area contributed by atoms with Crippen LogP contribution >= 0.6 is 11.3 Å². The number of nitrogens with zero attached hydrogens (tertiary/aromatic N) is 1. The van der Waals surface area contributed by atoms with Crippen LogP contribution in [0.25, 0.3) is 10.1 Å². The molecule has 1 aromatic heterocycles. The first-order chi connectivity index (χ1) is 14.2. The number of nitrogens with one attached hydrogen (secondary N) is 2. The summed E-state index contributed by atoms with van der Waals surface area (Å²) in [5.74, 6) is -0.280. The summed E-state index contributed by atoms with van der Waals surface area (Å²) in [5.41, 5.74) is 8.03. The van der Waals surface area contributed by atoms with Gasteiger partial charge in [0.2, 0.25) is 5.91 Å². The predicted octanol–water partition coefficient (Wildman–Crippen LogP) is 2.57.